The highest BCUT2D eigenvalue weighted by Crippen LogP contribution is 2.22. The third-order valence-electron chi connectivity index (χ3n) is 3.95. The molecule has 3 rings (SSSR count). The van der Waals surface area contributed by atoms with E-state index in [0.717, 1.165) is 44.4 Å². The van der Waals surface area contributed by atoms with Crippen LogP contribution in [0.3, 0.4) is 0 Å². The maximum absolute atomic E-state index is 4.81. The van der Waals surface area contributed by atoms with Crippen LogP contribution in [-0.4, -0.2) is 48.6 Å². The molecule has 2 aromatic rings. The number of aromatic nitrogens is 1. The minimum Gasteiger partial charge on any atom is -0.360 e. The van der Waals surface area contributed by atoms with Crippen LogP contribution in [0.2, 0.25) is 0 Å². The van der Waals surface area contributed by atoms with E-state index in [2.05, 4.69) is 44.5 Å². The maximum Gasteiger partial charge on any atom is 0.194 e. The number of aryl methyl sites for hydroxylation is 1. The average Bonchev–Trinajstić information content (AvgIpc) is 3.24. The van der Waals surface area contributed by atoms with Gasteiger partial charge in [0.25, 0.3) is 0 Å². The van der Waals surface area contributed by atoms with Crippen LogP contribution >= 0.6 is 46.7 Å². The highest BCUT2D eigenvalue weighted by Gasteiger charge is 2.20. The predicted molar refractivity (Wildman–Crippen MR) is 115 cm³/mol. The van der Waals surface area contributed by atoms with Crippen molar-refractivity contribution in [2.24, 2.45) is 4.99 Å². The van der Waals surface area contributed by atoms with Crippen molar-refractivity contribution >= 4 is 57.6 Å². The highest BCUT2D eigenvalue weighted by molar-refractivity contribution is 14.0. The lowest BCUT2D eigenvalue weighted by molar-refractivity contribution is 0.373. The van der Waals surface area contributed by atoms with Gasteiger partial charge in [0.15, 0.2) is 5.96 Å². The summed E-state index contributed by atoms with van der Waals surface area (Å²) < 4.78 is 0. The van der Waals surface area contributed by atoms with Gasteiger partial charge in [-0.3, -0.25) is 0 Å². The van der Waals surface area contributed by atoms with Gasteiger partial charge in [-0.25, -0.2) is 9.98 Å². The molecule has 1 fully saturated rings. The Labute approximate surface area is 168 Å². The number of thiazole rings is 1. The first kappa shape index (κ1) is 19.5. The lowest BCUT2D eigenvalue weighted by atomic mass is 10.3. The smallest absolute Gasteiger partial charge is 0.194 e. The number of anilines is 1. The number of aliphatic imine (C=N–C) groups is 1. The Kier molecular flexibility index (Phi) is 7.76. The van der Waals surface area contributed by atoms with E-state index < -0.39 is 0 Å². The molecular weight excluding hydrogens is 453 g/mol. The van der Waals surface area contributed by atoms with Gasteiger partial charge in [-0.2, -0.15) is 0 Å². The maximum atomic E-state index is 4.81. The first-order chi connectivity index (χ1) is 11.3. The van der Waals surface area contributed by atoms with Crippen LogP contribution in [-0.2, 0) is 6.54 Å². The van der Waals surface area contributed by atoms with Gasteiger partial charge in [0.05, 0.1) is 22.8 Å². The third-order valence-corrected chi connectivity index (χ3v) is 5.80. The third kappa shape index (κ3) is 4.82. The molecule has 0 atom stereocenters. The van der Waals surface area contributed by atoms with E-state index in [0.29, 0.717) is 6.54 Å². The highest BCUT2D eigenvalue weighted by atomic mass is 127. The number of thiophene rings is 1. The van der Waals surface area contributed by atoms with Crippen molar-refractivity contribution in [1.82, 2.24) is 15.2 Å². The summed E-state index contributed by atoms with van der Waals surface area (Å²) in [4.78, 5) is 15.2. The van der Waals surface area contributed by atoms with Crippen LogP contribution in [0.25, 0.3) is 0 Å². The van der Waals surface area contributed by atoms with Gasteiger partial charge in [0.2, 0.25) is 0 Å². The summed E-state index contributed by atoms with van der Waals surface area (Å²) in [6, 6.07) is 4.32. The summed E-state index contributed by atoms with van der Waals surface area (Å²) in [5.74, 6) is 1.02. The second-order valence-corrected chi connectivity index (χ2v) is 7.32. The Hall–Kier alpha value is -0.870. The van der Waals surface area contributed by atoms with Crippen LogP contribution < -0.4 is 10.2 Å². The van der Waals surface area contributed by atoms with Crippen molar-refractivity contribution in [3.63, 3.8) is 0 Å². The van der Waals surface area contributed by atoms with Gasteiger partial charge in [0.1, 0.15) is 0 Å². The number of hydrogen-bond donors (Lipinski definition) is 1. The monoisotopic (exact) mass is 477 g/mol. The van der Waals surface area contributed by atoms with Gasteiger partial charge >= 0.3 is 0 Å². The Morgan fingerprint density at radius 1 is 1.29 bits per heavy atom. The number of halogens is 1. The van der Waals surface area contributed by atoms with E-state index in [1.165, 1.54) is 9.88 Å². The Bertz CT molecular complexity index is 633. The molecule has 0 saturated carbocycles. The SMILES string of the molecule is CCNC(=NCc1scnc1C)N1CCN(c2cccs2)CC1.I. The molecular formula is C16H24IN5S2. The number of guanidine groups is 1. The van der Waals surface area contributed by atoms with Crippen LogP contribution in [0.5, 0.6) is 0 Å². The first-order valence-electron chi connectivity index (χ1n) is 7.98. The lowest BCUT2D eigenvalue weighted by Crippen LogP contribution is -2.52. The molecule has 0 spiro atoms. The molecule has 0 aliphatic carbocycles. The van der Waals surface area contributed by atoms with Crippen molar-refractivity contribution < 1.29 is 0 Å². The molecule has 1 aliphatic rings. The van der Waals surface area contributed by atoms with Gasteiger partial charge in [0, 0.05) is 37.6 Å². The molecule has 0 unspecified atom stereocenters. The summed E-state index contributed by atoms with van der Waals surface area (Å²) >= 11 is 3.50. The molecule has 8 heteroatoms. The van der Waals surface area contributed by atoms with Crippen molar-refractivity contribution in [2.75, 3.05) is 37.6 Å². The van der Waals surface area contributed by atoms with E-state index in [-0.39, 0.29) is 24.0 Å². The topological polar surface area (TPSA) is 43.8 Å². The molecule has 3 heterocycles. The summed E-state index contributed by atoms with van der Waals surface area (Å²) in [6.07, 6.45) is 0. The minimum atomic E-state index is 0. The minimum absolute atomic E-state index is 0. The normalized spacial score (nSPS) is 15.3. The second kappa shape index (κ2) is 9.57. The predicted octanol–water partition coefficient (Wildman–Crippen LogP) is 3.42. The molecule has 1 saturated heterocycles. The molecule has 24 heavy (non-hydrogen) atoms. The summed E-state index contributed by atoms with van der Waals surface area (Å²) in [7, 11) is 0. The van der Waals surface area contributed by atoms with Gasteiger partial charge in [-0.15, -0.1) is 46.7 Å². The molecule has 0 aromatic carbocycles. The van der Waals surface area contributed by atoms with Crippen LogP contribution in [0.15, 0.2) is 28.0 Å². The van der Waals surface area contributed by atoms with E-state index in [1.807, 2.05) is 23.8 Å². The number of nitrogens with one attached hydrogen (secondary N) is 1. The van der Waals surface area contributed by atoms with E-state index in [9.17, 15) is 0 Å². The first-order valence-corrected chi connectivity index (χ1v) is 9.74. The molecule has 5 nitrogen and oxygen atoms in total. The fourth-order valence-electron chi connectivity index (χ4n) is 2.64. The fraction of sp³-hybridized carbons (Fsp3) is 0.500. The van der Waals surface area contributed by atoms with Gasteiger partial charge < -0.3 is 15.1 Å². The molecule has 1 N–H and O–H groups in total. The zero-order valence-electron chi connectivity index (χ0n) is 14.1. The van der Waals surface area contributed by atoms with Gasteiger partial charge in [-0.05, 0) is 31.4 Å². The van der Waals surface area contributed by atoms with Crippen molar-refractivity contribution in [3.05, 3.63) is 33.6 Å². The summed E-state index contributed by atoms with van der Waals surface area (Å²) in [5, 5.41) is 6.94. The molecule has 132 valence electrons. The van der Waals surface area contributed by atoms with Crippen molar-refractivity contribution in [1.29, 1.82) is 0 Å². The molecule has 1 aliphatic heterocycles. The zero-order valence-corrected chi connectivity index (χ0v) is 18.0. The number of rotatable bonds is 4. The van der Waals surface area contributed by atoms with E-state index >= 15 is 0 Å². The standard InChI is InChI=1S/C16H23N5S2.HI/c1-3-17-16(18-11-14-13(2)19-12-23-14)21-8-6-20(7-9-21)15-5-4-10-22-15;/h4-5,10,12H,3,6-9,11H2,1-2H3,(H,17,18);1H. The Morgan fingerprint density at radius 2 is 2.08 bits per heavy atom. The van der Waals surface area contributed by atoms with Crippen molar-refractivity contribution in [3.8, 4) is 0 Å². The molecule has 0 bridgehead atoms. The van der Waals surface area contributed by atoms with E-state index in [4.69, 9.17) is 4.99 Å². The van der Waals surface area contributed by atoms with Crippen LogP contribution in [0.1, 0.15) is 17.5 Å². The quantitative estimate of drug-likeness (QED) is 0.417. The lowest BCUT2D eigenvalue weighted by Gasteiger charge is -2.37. The van der Waals surface area contributed by atoms with Crippen molar-refractivity contribution in [2.45, 2.75) is 20.4 Å². The fourth-order valence-corrected chi connectivity index (χ4v) is 4.12. The number of nitrogens with zero attached hydrogens (tertiary/aromatic N) is 4. The number of hydrogen-bond acceptors (Lipinski definition) is 5. The average molecular weight is 477 g/mol. The van der Waals surface area contributed by atoms with Gasteiger partial charge in [-0.1, -0.05) is 0 Å². The molecule has 0 radical (unpaired) electrons. The largest absolute Gasteiger partial charge is 0.360 e. The summed E-state index contributed by atoms with van der Waals surface area (Å²) in [5.41, 5.74) is 2.99. The Morgan fingerprint density at radius 3 is 2.67 bits per heavy atom. The van der Waals surface area contributed by atoms with E-state index in [1.54, 1.807) is 11.3 Å². The summed E-state index contributed by atoms with van der Waals surface area (Å²) in [6.45, 7) is 9.88. The second-order valence-electron chi connectivity index (χ2n) is 5.46. The molecule has 2 aromatic heterocycles. The number of piperazine rings is 1. The Balaban J connectivity index is 0.00000208. The van der Waals surface area contributed by atoms with Crippen LogP contribution in [0.4, 0.5) is 5.00 Å². The van der Waals surface area contributed by atoms with Crippen LogP contribution in [0, 0.1) is 6.92 Å². The zero-order chi connectivity index (χ0) is 16.1. The molecule has 0 amide bonds.